The third-order valence-corrected chi connectivity index (χ3v) is 4.25. The number of benzene rings is 2. The van der Waals surface area contributed by atoms with Gasteiger partial charge >= 0.3 is 0 Å². The Hall–Kier alpha value is -3.41. The Morgan fingerprint density at radius 3 is 2.18 bits per heavy atom. The quantitative estimate of drug-likeness (QED) is 0.670. The molecule has 2 N–H and O–H groups in total. The molecule has 0 aliphatic heterocycles. The summed E-state index contributed by atoms with van der Waals surface area (Å²) in [7, 11) is 1.56. The normalized spacial score (nSPS) is 11.0. The number of hydrogen-bond donors (Lipinski definition) is 2. The van der Waals surface area contributed by atoms with E-state index in [4.69, 9.17) is 4.74 Å². The van der Waals surface area contributed by atoms with Crippen molar-refractivity contribution in [3.63, 3.8) is 0 Å². The van der Waals surface area contributed by atoms with Gasteiger partial charge < -0.3 is 15.4 Å². The average molecular weight is 376 g/mol. The fourth-order valence-electron chi connectivity index (χ4n) is 2.82. The zero-order chi connectivity index (χ0) is 20.1. The zero-order valence-electron chi connectivity index (χ0n) is 16.5. The van der Waals surface area contributed by atoms with Crippen LogP contribution in [0.4, 0.5) is 17.3 Å². The third kappa shape index (κ3) is 4.46. The van der Waals surface area contributed by atoms with Gasteiger partial charge in [-0.25, -0.2) is 9.97 Å². The number of para-hydroxylation sites is 3. The molecule has 0 atom stereocenters. The van der Waals surface area contributed by atoms with Gasteiger partial charge in [0.2, 0.25) is 5.95 Å². The van der Waals surface area contributed by atoms with E-state index < -0.39 is 0 Å². The Morgan fingerprint density at radius 1 is 0.929 bits per heavy atom. The molecule has 3 aromatic rings. The largest absolute Gasteiger partial charge is 0.495 e. The number of carbonyl (C=O) groups is 1. The maximum Gasteiger partial charge on any atom is 0.258 e. The smallest absolute Gasteiger partial charge is 0.258 e. The van der Waals surface area contributed by atoms with Gasteiger partial charge in [-0.3, -0.25) is 4.79 Å². The van der Waals surface area contributed by atoms with Crippen molar-refractivity contribution in [3.05, 3.63) is 72.1 Å². The molecule has 3 rings (SSSR count). The summed E-state index contributed by atoms with van der Waals surface area (Å²) in [6.45, 7) is 6.46. The van der Waals surface area contributed by atoms with Crippen LogP contribution in [0.3, 0.4) is 0 Å². The van der Waals surface area contributed by atoms with Crippen molar-refractivity contribution >= 4 is 23.2 Å². The van der Waals surface area contributed by atoms with Crippen LogP contribution in [0.2, 0.25) is 0 Å². The maximum absolute atomic E-state index is 12.5. The lowest BCUT2D eigenvalue weighted by Crippen LogP contribution is -2.15. The van der Waals surface area contributed by atoms with Crippen LogP contribution in [0.25, 0.3) is 0 Å². The Morgan fingerprint density at radius 2 is 1.54 bits per heavy atom. The van der Waals surface area contributed by atoms with Crippen molar-refractivity contribution in [3.8, 4) is 5.75 Å². The molecule has 1 heterocycles. The molecule has 0 unspecified atom stereocenters. The summed E-state index contributed by atoms with van der Waals surface area (Å²) in [4.78, 5) is 21.0. The lowest BCUT2D eigenvalue weighted by Gasteiger charge is -2.22. The number of anilines is 3. The van der Waals surface area contributed by atoms with Crippen LogP contribution in [0, 0.1) is 0 Å². The first kappa shape index (κ1) is 19.4. The van der Waals surface area contributed by atoms with Crippen LogP contribution in [0.1, 0.15) is 36.7 Å². The van der Waals surface area contributed by atoms with Crippen LogP contribution in [0.5, 0.6) is 5.75 Å². The van der Waals surface area contributed by atoms with E-state index in [2.05, 4.69) is 47.4 Å². The Balaban J connectivity index is 1.75. The minimum atomic E-state index is -0.300. The molecule has 0 aliphatic carbocycles. The van der Waals surface area contributed by atoms with E-state index in [9.17, 15) is 4.79 Å². The van der Waals surface area contributed by atoms with Crippen LogP contribution in [-0.2, 0) is 5.41 Å². The van der Waals surface area contributed by atoms with E-state index in [1.54, 1.807) is 19.2 Å². The summed E-state index contributed by atoms with van der Waals surface area (Å²) in [5, 5.41) is 6.05. The highest BCUT2D eigenvalue weighted by molar-refractivity contribution is 6.04. The van der Waals surface area contributed by atoms with E-state index >= 15 is 0 Å². The summed E-state index contributed by atoms with van der Waals surface area (Å²) in [5.41, 5.74) is 3.05. The van der Waals surface area contributed by atoms with Gasteiger partial charge in [0.15, 0.2) is 0 Å². The number of hydrogen-bond acceptors (Lipinski definition) is 5. The van der Waals surface area contributed by atoms with E-state index in [1.165, 1.54) is 12.4 Å². The van der Waals surface area contributed by atoms with Gasteiger partial charge in [0.25, 0.3) is 5.91 Å². The van der Waals surface area contributed by atoms with E-state index in [0.717, 1.165) is 11.3 Å². The van der Waals surface area contributed by atoms with Crippen LogP contribution in [-0.4, -0.2) is 23.0 Å². The minimum absolute atomic E-state index is 0.0157. The second-order valence-electron chi connectivity index (χ2n) is 7.37. The fraction of sp³-hybridized carbons (Fsp3) is 0.227. The van der Waals surface area contributed by atoms with Gasteiger partial charge in [0, 0.05) is 18.1 Å². The molecule has 0 fully saturated rings. The molecule has 144 valence electrons. The summed E-state index contributed by atoms with van der Waals surface area (Å²) in [6.07, 6.45) is 3.00. The first-order valence-electron chi connectivity index (χ1n) is 9.01. The summed E-state index contributed by atoms with van der Waals surface area (Å²) < 4.78 is 5.25. The summed E-state index contributed by atoms with van der Waals surface area (Å²) in [6, 6.07) is 15.3. The van der Waals surface area contributed by atoms with Crippen LogP contribution in [0.15, 0.2) is 60.9 Å². The number of carbonyl (C=O) groups excluding carboxylic acids is 1. The Labute approximate surface area is 165 Å². The number of ether oxygens (including phenoxy) is 1. The predicted octanol–water partition coefficient (Wildman–Crippen LogP) is 4.78. The first-order chi connectivity index (χ1) is 13.4. The third-order valence-electron chi connectivity index (χ3n) is 4.25. The average Bonchev–Trinajstić information content (AvgIpc) is 2.68. The molecule has 28 heavy (non-hydrogen) atoms. The number of nitrogens with zero attached hydrogens (tertiary/aromatic N) is 2. The van der Waals surface area contributed by atoms with Gasteiger partial charge in [0.05, 0.1) is 18.4 Å². The van der Waals surface area contributed by atoms with Gasteiger partial charge in [-0.1, -0.05) is 51.1 Å². The van der Waals surface area contributed by atoms with Crippen LogP contribution >= 0.6 is 0 Å². The molecular formula is C22H24N4O2. The molecule has 0 spiro atoms. The molecule has 0 radical (unpaired) electrons. The number of rotatable bonds is 5. The molecular weight excluding hydrogens is 352 g/mol. The predicted molar refractivity (Wildman–Crippen MR) is 111 cm³/mol. The molecule has 1 aromatic heterocycles. The molecule has 6 nitrogen and oxygen atoms in total. The molecule has 0 bridgehead atoms. The van der Waals surface area contributed by atoms with Crippen molar-refractivity contribution in [2.24, 2.45) is 0 Å². The second-order valence-corrected chi connectivity index (χ2v) is 7.37. The molecule has 2 aromatic carbocycles. The lowest BCUT2D eigenvalue weighted by molar-refractivity contribution is 0.102. The highest BCUT2D eigenvalue weighted by Gasteiger charge is 2.18. The van der Waals surface area contributed by atoms with Crippen molar-refractivity contribution in [1.82, 2.24) is 9.97 Å². The number of amides is 1. The second kappa shape index (κ2) is 8.08. The van der Waals surface area contributed by atoms with E-state index in [-0.39, 0.29) is 11.3 Å². The SMILES string of the molecule is COc1ccccc1NC(=O)c1cnc(Nc2ccccc2C(C)(C)C)nc1. The fourth-order valence-corrected chi connectivity index (χ4v) is 2.82. The lowest BCUT2D eigenvalue weighted by atomic mass is 9.86. The Kier molecular flexibility index (Phi) is 5.59. The Bertz CT molecular complexity index is 963. The van der Waals surface area contributed by atoms with Crippen LogP contribution < -0.4 is 15.4 Å². The molecule has 0 saturated heterocycles. The molecule has 0 saturated carbocycles. The van der Waals surface area contributed by atoms with Gasteiger partial charge in [-0.05, 0) is 29.2 Å². The number of aromatic nitrogens is 2. The molecule has 1 amide bonds. The van der Waals surface area contributed by atoms with Crippen molar-refractivity contribution in [1.29, 1.82) is 0 Å². The monoisotopic (exact) mass is 376 g/mol. The highest BCUT2D eigenvalue weighted by Crippen LogP contribution is 2.30. The van der Waals surface area contributed by atoms with Gasteiger partial charge in [-0.15, -0.1) is 0 Å². The van der Waals surface area contributed by atoms with Gasteiger partial charge in [-0.2, -0.15) is 0 Å². The summed E-state index contributed by atoms with van der Waals surface area (Å²) in [5.74, 6) is 0.727. The minimum Gasteiger partial charge on any atom is -0.495 e. The number of nitrogens with one attached hydrogen (secondary N) is 2. The van der Waals surface area contributed by atoms with Crippen molar-refractivity contribution in [2.45, 2.75) is 26.2 Å². The van der Waals surface area contributed by atoms with Gasteiger partial charge in [0.1, 0.15) is 5.75 Å². The highest BCUT2D eigenvalue weighted by atomic mass is 16.5. The van der Waals surface area contributed by atoms with Crippen molar-refractivity contribution < 1.29 is 9.53 Å². The topological polar surface area (TPSA) is 76.1 Å². The standard InChI is InChI=1S/C22H24N4O2/c1-22(2,3)16-9-5-6-10-17(16)26-21-23-13-15(14-24-21)20(27)25-18-11-7-8-12-19(18)28-4/h5-14H,1-4H3,(H,25,27)(H,23,24,26). The van der Waals surface area contributed by atoms with E-state index in [1.807, 2.05) is 30.3 Å². The number of methoxy groups -OCH3 is 1. The van der Waals surface area contributed by atoms with E-state index in [0.29, 0.717) is 22.9 Å². The first-order valence-corrected chi connectivity index (χ1v) is 9.01. The zero-order valence-corrected chi connectivity index (χ0v) is 16.5. The summed E-state index contributed by atoms with van der Waals surface area (Å²) >= 11 is 0. The molecule has 6 heteroatoms. The maximum atomic E-state index is 12.5. The molecule has 0 aliphatic rings. The van der Waals surface area contributed by atoms with Crippen molar-refractivity contribution in [2.75, 3.05) is 17.7 Å².